The van der Waals surface area contributed by atoms with Crippen LogP contribution >= 0.6 is 0 Å². The second kappa shape index (κ2) is 5.10. The van der Waals surface area contributed by atoms with Crippen molar-refractivity contribution in [3.63, 3.8) is 0 Å². The van der Waals surface area contributed by atoms with Gasteiger partial charge in [-0.25, -0.2) is 0 Å². The van der Waals surface area contributed by atoms with E-state index in [9.17, 15) is 28.1 Å². The van der Waals surface area contributed by atoms with Crippen molar-refractivity contribution in [1.82, 2.24) is 4.90 Å². The number of likely N-dealkylation sites (tertiary alicyclic amines) is 1. The number of nitro groups is 1. The zero-order chi connectivity index (χ0) is 14.9. The molecule has 1 fully saturated rings. The van der Waals surface area contributed by atoms with Crippen LogP contribution in [0.5, 0.6) is 0 Å². The Morgan fingerprint density at radius 1 is 1.25 bits per heavy atom. The Morgan fingerprint density at radius 2 is 1.85 bits per heavy atom. The van der Waals surface area contributed by atoms with Crippen molar-refractivity contribution in [1.29, 1.82) is 0 Å². The Hall–Kier alpha value is -2.12. The monoisotopic (exact) mass is 288 g/mol. The van der Waals surface area contributed by atoms with Gasteiger partial charge in [-0.3, -0.25) is 14.9 Å². The van der Waals surface area contributed by atoms with Gasteiger partial charge in [-0.1, -0.05) is 0 Å². The van der Waals surface area contributed by atoms with Crippen LogP contribution in [-0.4, -0.2) is 28.8 Å². The summed E-state index contributed by atoms with van der Waals surface area (Å²) in [6.45, 7) is 0.820. The highest BCUT2D eigenvalue weighted by Crippen LogP contribution is 2.35. The topological polar surface area (TPSA) is 63.4 Å². The number of nitro benzene ring substituents is 1. The Balaban J connectivity index is 2.46. The number of alkyl halides is 3. The molecule has 1 amide bonds. The highest BCUT2D eigenvalue weighted by molar-refractivity contribution is 5.96. The molecule has 5 nitrogen and oxygen atoms in total. The van der Waals surface area contributed by atoms with E-state index < -0.39 is 33.8 Å². The zero-order valence-corrected chi connectivity index (χ0v) is 10.3. The van der Waals surface area contributed by atoms with E-state index in [4.69, 9.17) is 0 Å². The quantitative estimate of drug-likeness (QED) is 0.621. The number of non-ortho nitro benzene ring substituents is 1. The normalized spacial score (nSPS) is 15.4. The molecule has 0 unspecified atom stereocenters. The molecule has 0 radical (unpaired) electrons. The maximum Gasteiger partial charge on any atom is 0.417 e. The van der Waals surface area contributed by atoms with E-state index in [-0.39, 0.29) is 0 Å². The predicted molar refractivity (Wildman–Crippen MR) is 63.2 cm³/mol. The van der Waals surface area contributed by atoms with E-state index >= 15 is 0 Å². The molecule has 2 rings (SSSR count). The van der Waals surface area contributed by atoms with Crippen LogP contribution in [0.4, 0.5) is 18.9 Å². The van der Waals surface area contributed by atoms with Crippen molar-refractivity contribution in [2.45, 2.75) is 19.0 Å². The van der Waals surface area contributed by atoms with Gasteiger partial charge in [0, 0.05) is 25.2 Å². The molecule has 0 aromatic heterocycles. The van der Waals surface area contributed by atoms with Crippen LogP contribution in [0.25, 0.3) is 0 Å². The first-order chi connectivity index (χ1) is 9.30. The number of amides is 1. The molecule has 20 heavy (non-hydrogen) atoms. The molecule has 1 aliphatic rings. The maximum absolute atomic E-state index is 12.9. The van der Waals surface area contributed by atoms with Gasteiger partial charge in [0.25, 0.3) is 11.6 Å². The van der Waals surface area contributed by atoms with Crippen LogP contribution in [0, 0.1) is 10.1 Å². The largest absolute Gasteiger partial charge is 0.417 e. The van der Waals surface area contributed by atoms with Gasteiger partial charge in [-0.2, -0.15) is 13.2 Å². The Labute approximate surface area is 112 Å². The first-order valence-corrected chi connectivity index (χ1v) is 5.95. The van der Waals surface area contributed by atoms with Crippen molar-refractivity contribution >= 4 is 11.6 Å². The van der Waals surface area contributed by atoms with Gasteiger partial charge in [-0.05, 0) is 18.9 Å². The summed E-state index contributed by atoms with van der Waals surface area (Å²) in [6.07, 6.45) is -3.31. The lowest BCUT2D eigenvalue weighted by Crippen LogP contribution is -2.29. The van der Waals surface area contributed by atoms with E-state index in [2.05, 4.69) is 0 Å². The fraction of sp³-hybridized carbons (Fsp3) is 0.417. The Morgan fingerprint density at radius 3 is 2.35 bits per heavy atom. The van der Waals surface area contributed by atoms with Crippen molar-refractivity contribution in [2.24, 2.45) is 0 Å². The zero-order valence-electron chi connectivity index (χ0n) is 10.3. The number of hydrogen-bond acceptors (Lipinski definition) is 3. The van der Waals surface area contributed by atoms with Crippen LogP contribution in [0.2, 0.25) is 0 Å². The molecule has 1 aromatic rings. The molecule has 1 aromatic carbocycles. The average molecular weight is 288 g/mol. The minimum Gasteiger partial charge on any atom is -0.339 e. The number of hydrogen-bond donors (Lipinski definition) is 0. The van der Waals surface area contributed by atoms with Gasteiger partial charge >= 0.3 is 6.18 Å². The molecule has 0 N–H and O–H groups in total. The third kappa shape index (κ3) is 2.73. The highest BCUT2D eigenvalue weighted by atomic mass is 19.4. The maximum atomic E-state index is 12.9. The molecule has 0 saturated carbocycles. The van der Waals surface area contributed by atoms with Crippen molar-refractivity contribution < 1.29 is 22.9 Å². The number of halogens is 3. The van der Waals surface area contributed by atoms with Crippen molar-refractivity contribution in [2.75, 3.05) is 13.1 Å². The van der Waals surface area contributed by atoms with Crippen LogP contribution in [0.3, 0.4) is 0 Å². The fourth-order valence-electron chi connectivity index (χ4n) is 2.16. The minimum absolute atomic E-state index is 0.406. The summed E-state index contributed by atoms with van der Waals surface area (Å²) in [5.74, 6) is -0.732. The first kappa shape index (κ1) is 14.3. The van der Waals surface area contributed by atoms with E-state index in [0.29, 0.717) is 19.2 Å². The third-order valence-electron chi connectivity index (χ3n) is 3.14. The van der Waals surface area contributed by atoms with Gasteiger partial charge in [-0.15, -0.1) is 0 Å². The molecule has 1 heterocycles. The van der Waals surface area contributed by atoms with E-state index in [1.54, 1.807) is 0 Å². The number of benzene rings is 1. The number of carbonyl (C=O) groups is 1. The second-order valence-electron chi connectivity index (χ2n) is 4.48. The van der Waals surface area contributed by atoms with Crippen molar-refractivity contribution in [3.05, 3.63) is 39.4 Å². The summed E-state index contributed by atoms with van der Waals surface area (Å²) in [6, 6.07) is 2.20. The summed E-state index contributed by atoms with van der Waals surface area (Å²) in [5, 5.41) is 10.6. The summed E-state index contributed by atoms with van der Waals surface area (Å²) in [4.78, 5) is 23.0. The van der Waals surface area contributed by atoms with Gasteiger partial charge < -0.3 is 4.90 Å². The van der Waals surface area contributed by atoms with Crippen LogP contribution in [0.1, 0.15) is 28.8 Å². The summed E-state index contributed by atoms with van der Waals surface area (Å²) < 4.78 is 38.8. The molecular weight excluding hydrogens is 277 g/mol. The molecule has 1 saturated heterocycles. The number of rotatable bonds is 2. The lowest BCUT2D eigenvalue weighted by atomic mass is 10.0. The first-order valence-electron chi connectivity index (χ1n) is 5.95. The lowest BCUT2D eigenvalue weighted by molar-refractivity contribution is -0.385. The van der Waals surface area contributed by atoms with Crippen LogP contribution < -0.4 is 0 Å². The van der Waals surface area contributed by atoms with E-state index in [1.807, 2.05) is 0 Å². The van der Waals surface area contributed by atoms with Gasteiger partial charge in [0.2, 0.25) is 0 Å². The SMILES string of the molecule is O=C(c1ccc([N+](=O)[O-])cc1C(F)(F)F)N1CCCC1. The standard InChI is InChI=1S/C12H11F3N2O3/c13-12(14,15)10-7-8(17(19)20)3-4-9(10)11(18)16-5-1-2-6-16/h3-4,7H,1-2,5-6H2. The van der Waals surface area contributed by atoms with Crippen LogP contribution in [0.15, 0.2) is 18.2 Å². The van der Waals surface area contributed by atoms with E-state index in [1.165, 1.54) is 4.90 Å². The van der Waals surface area contributed by atoms with E-state index in [0.717, 1.165) is 25.0 Å². The Kier molecular flexibility index (Phi) is 3.65. The fourth-order valence-corrected chi connectivity index (χ4v) is 2.16. The van der Waals surface area contributed by atoms with Gasteiger partial charge in [0.05, 0.1) is 16.1 Å². The minimum atomic E-state index is -4.81. The summed E-state index contributed by atoms with van der Waals surface area (Å²) >= 11 is 0. The molecule has 8 heteroatoms. The average Bonchev–Trinajstić information content (AvgIpc) is 2.90. The van der Waals surface area contributed by atoms with Gasteiger partial charge in [0.15, 0.2) is 0 Å². The van der Waals surface area contributed by atoms with Crippen molar-refractivity contribution in [3.8, 4) is 0 Å². The predicted octanol–water partition coefficient (Wildman–Crippen LogP) is 2.85. The summed E-state index contributed by atoms with van der Waals surface area (Å²) in [5.41, 5.74) is -2.48. The van der Waals surface area contributed by atoms with Gasteiger partial charge in [0.1, 0.15) is 0 Å². The number of carbonyl (C=O) groups excluding carboxylic acids is 1. The molecule has 0 aliphatic carbocycles. The molecule has 0 atom stereocenters. The molecule has 108 valence electrons. The van der Waals surface area contributed by atoms with Crippen LogP contribution in [-0.2, 0) is 6.18 Å². The Bertz CT molecular complexity index is 551. The third-order valence-corrected chi connectivity index (χ3v) is 3.14. The molecule has 1 aliphatic heterocycles. The number of nitrogens with zero attached hydrogens (tertiary/aromatic N) is 2. The molecule has 0 spiro atoms. The highest BCUT2D eigenvalue weighted by Gasteiger charge is 2.38. The summed E-state index contributed by atoms with van der Waals surface area (Å²) in [7, 11) is 0. The lowest BCUT2D eigenvalue weighted by Gasteiger charge is -2.18. The molecule has 0 bridgehead atoms. The second-order valence-corrected chi connectivity index (χ2v) is 4.48. The smallest absolute Gasteiger partial charge is 0.339 e. The molecular formula is C12H11F3N2O3.